The molecule has 1 amide bonds. The third-order valence-electron chi connectivity index (χ3n) is 4.54. The molecular formula is C16H31IN4O2. The predicted molar refractivity (Wildman–Crippen MR) is 103 cm³/mol. The minimum atomic E-state index is 0. The van der Waals surface area contributed by atoms with Gasteiger partial charge in [0.1, 0.15) is 6.54 Å². The molecule has 1 aliphatic heterocycles. The number of rotatable bonds is 5. The summed E-state index contributed by atoms with van der Waals surface area (Å²) >= 11 is 0. The summed E-state index contributed by atoms with van der Waals surface area (Å²) in [6.07, 6.45) is 6.11. The number of likely N-dealkylation sites (tertiary alicyclic amines) is 1. The standard InChI is InChI=1S/C16H30N4O2.HI/c1-19(2)15(21)10-17-16(18-14-6-4-5-7-14)20-9-8-13(11-20)12-22-3;/h13-14H,4-12H2,1-3H3,(H,17,18);1H. The fraction of sp³-hybridized carbons (Fsp3) is 0.875. The first-order chi connectivity index (χ1) is 10.6. The van der Waals surface area contributed by atoms with Crippen molar-refractivity contribution in [2.75, 3.05) is 47.4 Å². The number of likely N-dealkylation sites (N-methyl/N-ethyl adjacent to an activating group) is 1. The van der Waals surface area contributed by atoms with Crippen LogP contribution in [0.2, 0.25) is 0 Å². The second-order valence-corrected chi connectivity index (χ2v) is 6.61. The molecule has 6 nitrogen and oxygen atoms in total. The molecule has 0 spiro atoms. The van der Waals surface area contributed by atoms with Crippen LogP contribution >= 0.6 is 24.0 Å². The quantitative estimate of drug-likeness (QED) is 0.402. The molecule has 1 saturated carbocycles. The summed E-state index contributed by atoms with van der Waals surface area (Å²) in [6, 6.07) is 0.509. The van der Waals surface area contributed by atoms with Gasteiger partial charge in [-0.3, -0.25) is 4.79 Å². The van der Waals surface area contributed by atoms with Crippen molar-refractivity contribution in [3.8, 4) is 0 Å². The highest BCUT2D eigenvalue weighted by Crippen LogP contribution is 2.20. The number of hydrogen-bond acceptors (Lipinski definition) is 3. The molecule has 1 aliphatic carbocycles. The minimum Gasteiger partial charge on any atom is -0.384 e. The van der Waals surface area contributed by atoms with E-state index in [-0.39, 0.29) is 36.4 Å². The van der Waals surface area contributed by atoms with Gasteiger partial charge in [-0.15, -0.1) is 24.0 Å². The Balaban J connectivity index is 0.00000264. The van der Waals surface area contributed by atoms with Gasteiger partial charge >= 0.3 is 0 Å². The Morgan fingerprint density at radius 2 is 2.00 bits per heavy atom. The Labute approximate surface area is 157 Å². The van der Waals surface area contributed by atoms with E-state index in [2.05, 4.69) is 15.2 Å². The van der Waals surface area contributed by atoms with E-state index in [4.69, 9.17) is 4.74 Å². The van der Waals surface area contributed by atoms with Gasteiger partial charge in [0.15, 0.2) is 5.96 Å². The van der Waals surface area contributed by atoms with Gasteiger partial charge in [0.05, 0.1) is 6.61 Å². The third-order valence-corrected chi connectivity index (χ3v) is 4.54. The zero-order chi connectivity index (χ0) is 15.9. The average Bonchev–Trinajstić information content (AvgIpc) is 3.14. The first kappa shape index (κ1) is 20.5. The van der Waals surface area contributed by atoms with E-state index >= 15 is 0 Å². The lowest BCUT2D eigenvalue weighted by Crippen LogP contribution is -2.45. The molecule has 0 bridgehead atoms. The number of ether oxygens (including phenoxy) is 1. The summed E-state index contributed by atoms with van der Waals surface area (Å²) in [4.78, 5) is 20.3. The highest BCUT2D eigenvalue weighted by atomic mass is 127. The number of methoxy groups -OCH3 is 1. The smallest absolute Gasteiger partial charge is 0.243 e. The van der Waals surface area contributed by atoms with E-state index in [0.29, 0.717) is 12.0 Å². The van der Waals surface area contributed by atoms with E-state index in [9.17, 15) is 4.79 Å². The van der Waals surface area contributed by atoms with Crippen LogP contribution in [0.5, 0.6) is 0 Å². The van der Waals surface area contributed by atoms with Gasteiger partial charge in [-0.05, 0) is 19.3 Å². The number of guanidine groups is 1. The first-order valence-electron chi connectivity index (χ1n) is 8.35. The molecule has 0 radical (unpaired) electrons. The summed E-state index contributed by atoms with van der Waals surface area (Å²) < 4.78 is 5.27. The zero-order valence-corrected chi connectivity index (χ0v) is 16.9. The number of carbonyl (C=O) groups is 1. The number of nitrogens with one attached hydrogen (secondary N) is 1. The van der Waals surface area contributed by atoms with Crippen LogP contribution in [0.3, 0.4) is 0 Å². The Bertz CT molecular complexity index is 398. The summed E-state index contributed by atoms with van der Waals surface area (Å²) in [6.45, 7) is 2.96. The topological polar surface area (TPSA) is 57.2 Å². The van der Waals surface area contributed by atoms with Crippen molar-refractivity contribution in [3.05, 3.63) is 0 Å². The lowest BCUT2D eigenvalue weighted by Gasteiger charge is -2.25. The van der Waals surface area contributed by atoms with Crippen LogP contribution in [0.15, 0.2) is 4.99 Å². The molecule has 2 aliphatic rings. The Kier molecular flexibility index (Phi) is 9.19. The normalized spacial score (nSPS) is 22.1. The monoisotopic (exact) mass is 438 g/mol. The molecule has 1 heterocycles. The maximum atomic E-state index is 11.8. The van der Waals surface area contributed by atoms with Crippen LogP contribution < -0.4 is 5.32 Å². The van der Waals surface area contributed by atoms with Crippen LogP contribution in [0.25, 0.3) is 0 Å². The molecule has 0 aromatic heterocycles. The molecule has 23 heavy (non-hydrogen) atoms. The highest BCUT2D eigenvalue weighted by Gasteiger charge is 2.27. The lowest BCUT2D eigenvalue weighted by atomic mass is 10.1. The first-order valence-corrected chi connectivity index (χ1v) is 8.35. The molecule has 1 atom stereocenters. The summed E-state index contributed by atoms with van der Waals surface area (Å²) in [5, 5.41) is 3.58. The maximum Gasteiger partial charge on any atom is 0.243 e. The Morgan fingerprint density at radius 3 is 2.61 bits per heavy atom. The van der Waals surface area contributed by atoms with Crippen molar-refractivity contribution < 1.29 is 9.53 Å². The molecule has 134 valence electrons. The van der Waals surface area contributed by atoms with Gasteiger partial charge in [0, 0.05) is 46.3 Å². The van der Waals surface area contributed by atoms with Gasteiger partial charge in [0.2, 0.25) is 5.91 Å². The zero-order valence-electron chi connectivity index (χ0n) is 14.6. The number of amides is 1. The van der Waals surface area contributed by atoms with Gasteiger partial charge in [-0.2, -0.15) is 0 Å². The van der Waals surface area contributed by atoms with Crippen molar-refractivity contribution in [1.82, 2.24) is 15.1 Å². The van der Waals surface area contributed by atoms with Gasteiger partial charge < -0.3 is 19.9 Å². The highest BCUT2D eigenvalue weighted by molar-refractivity contribution is 14.0. The molecule has 2 rings (SSSR count). The van der Waals surface area contributed by atoms with Gasteiger partial charge in [-0.25, -0.2) is 4.99 Å². The predicted octanol–water partition coefficient (Wildman–Crippen LogP) is 1.55. The molecule has 0 aromatic carbocycles. The molecule has 1 unspecified atom stereocenters. The van der Waals surface area contributed by atoms with E-state index in [1.165, 1.54) is 25.7 Å². The molecule has 7 heteroatoms. The van der Waals surface area contributed by atoms with Gasteiger partial charge in [-0.1, -0.05) is 12.8 Å². The van der Waals surface area contributed by atoms with E-state index < -0.39 is 0 Å². The summed E-state index contributed by atoms with van der Waals surface area (Å²) in [5.74, 6) is 1.50. The number of halogens is 1. The number of hydrogen-bond donors (Lipinski definition) is 1. The van der Waals surface area contributed by atoms with E-state index in [1.54, 1.807) is 26.1 Å². The number of nitrogens with zero attached hydrogens (tertiary/aromatic N) is 3. The fourth-order valence-electron chi connectivity index (χ4n) is 3.17. The van der Waals surface area contributed by atoms with Crippen molar-refractivity contribution in [3.63, 3.8) is 0 Å². The molecule has 0 aromatic rings. The van der Waals surface area contributed by atoms with Crippen molar-refractivity contribution in [2.24, 2.45) is 10.9 Å². The van der Waals surface area contributed by atoms with Crippen molar-refractivity contribution in [2.45, 2.75) is 38.1 Å². The number of carbonyl (C=O) groups excluding carboxylic acids is 1. The summed E-state index contributed by atoms with van der Waals surface area (Å²) in [5.41, 5.74) is 0. The largest absolute Gasteiger partial charge is 0.384 e. The Hall–Kier alpha value is -0.570. The fourth-order valence-corrected chi connectivity index (χ4v) is 3.17. The van der Waals surface area contributed by atoms with Crippen LogP contribution in [0.4, 0.5) is 0 Å². The maximum absolute atomic E-state index is 11.8. The SMILES string of the molecule is COCC1CCN(C(=NCC(=O)N(C)C)NC2CCCC2)C1.I. The summed E-state index contributed by atoms with van der Waals surface area (Å²) in [7, 11) is 5.29. The average molecular weight is 438 g/mol. The van der Waals surface area contributed by atoms with Crippen molar-refractivity contribution in [1.29, 1.82) is 0 Å². The van der Waals surface area contributed by atoms with Crippen molar-refractivity contribution >= 4 is 35.8 Å². The second kappa shape index (κ2) is 10.3. The van der Waals surface area contributed by atoms with E-state index in [0.717, 1.165) is 32.1 Å². The molecular weight excluding hydrogens is 407 g/mol. The lowest BCUT2D eigenvalue weighted by molar-refractivity contribution is -0.127. The second-order valence-electron chi connectivity index (χ2n) is 6.61. The minimum absolute atomic E-state index is 0. The van der Waals surface area contributed by atoms with Crippen LogP contribution in [-0.4, -0.2) is 75.2 Å². The Morgan fingerprint density at radius 1 is 1.30 bits per heavy atom. The molecule has 2 fully saturated rings. The van der Waals surface area contributed by atoms with Crippen LogP contribution in [0.1, 0.15) is 32.1 Å². The van der Waals surface area contributed by atoms with Crippen LogP contribution in [-0.2, 0) is 9.53 Å². The molecule has 1 N–H and O–H groups in total. The van der Waals surface area contributed by atoms with Crippen LogP contribution in [0, 0.1) is 5.92 Å². The van der Waals surface area contributed by atoms with E-state index in [1.807, 2.05) is 0 Å². The molecule has 1 saturated heterocycles. The van der Waals surface area contributed by atoms with Gasteiger partial charge in [0.25, 0.3) is 0 Å². The number of aliphatic imine (C=N–C) groups is 1. The third kappa shape index (κ3) is 6.45.